The van der Waals surface area contributed by atoms with Gasteiger partial charge in [-0.1, -0.05) is 11.2 Å². The number of hydrogen-bond donors (Lipinski definition) is 2. The molecule has 3 fully saturated rings. The second-order valence-corrected chi connectivity index (χ2v) is 10.5. The first-order chi connectivity index (χ1) is 18.0. The number of carbonyl (C=O) groups excluding carboxylic acids is 2. The summed E-state index contributed by atoms with van der Waals surface area (Å²) in [6, 6.07) is 12.8. The van der Waals surface area contributed by atoms with Crippen LogP contribution in [0, 0.1) is 17.7 Å². The molecule has 2 atom stereocenters. The van der Waals surface area contributed by atoms with Crippen LogP contribution in [0.1, 0.15) is 48.3 Å². The zero-order chi connectivity index (χ0) is 25.4. The van der Waals surface area contributed by atoms with E-state index in [1.54, 1.807) is 24.4 Å². The van der Waals surface area contributed by atoms with Crippen molar-refractivity contribution in [2.45, 2.75) is 43.7 Å². The second-order valence-electron chi connectivity index (χ2n) is 10.5. The molecular weight excluding hydrogens is 473 g/mol. The van der Waals surface area contributed by atoms with Gasteiger partial charge in [-0.15, -0.1) is 0 Å². The number of nitrogens with zero attached hydrogens (tertiary/aromatic N) is 3. The van der Waals surface area contributed by atoms with Crippen molar-refractivity contribution in [3.63, 3.8) is 0 Å². The average Bonchev–Trinajstić information content (AvgIpc) is 3.84. The summed E-state index contributed by atoms with van der Waals surface area (Å²) in [4.78, 5) is 33.6. The number of pyridine rings is 1. The lowest BCUT2D eigenvalue weighted by atomic mass is 9.90. The molecule has 0 unspecified atom stereocenters. The van der Waals surface area contributed by atoms with Crippen LogP contribution >= 0.6 is 0 Å². The van der Waals surface area contributed by atoms with Gasteiger partial charge in [0.05, 0.1) is 17.2 Å². The molecule has 8 nitrogen and oxygen atoms in total. The van der Waals surface area contributed by atoms with Crippen molar-refractivity contribution in [2.75, 3.05) is 19.6 Å². The third-order valence-corrected chi connectivity index (χ3v) is 7.70. The molecule has 0 spiro atoms. The van der Waals surface area contributed by atoms with E-state index in [0.29, 0.717) is 24.3 Å². The minimum absolute atomic E-state index is 0.0545. The predicted octanol–water partition coefficient (Wildman–Crippen LogP) is 3.51. The monoisotopic (exact) mass is 503 g/mol. The van der Waals surface area contributed by atoms with Crippen molar-refractivity contribution in [3.05, 3.63) is 71.9 Å². The lowest BCUT2D eigenvalue weighted by molar-refractivity contribution is -0.128. The topological polar surface area (TPSA) is 100 Å². The van der Waals surface area contributed by atoms with Crippen LogP contribution in [0.25, 0.3) is 11.3 Å². The molecular formula is C28H30FN5O3. The number of benzene rings is 1. The number of carbonyl (C=O) groups is 2. The van der Waals surface area contributed by atoms with Crippen LogP contribution in [-0.4, -0.2) is 52.5 Å². The SMILES string of the molecule is O=C(N[C@@H]1CCN(CC2CC2)C[C@H]1C(=O)NC1(c2ccccn2)CC1)c1cc(-c2ccc(F)cc2)on1. The highest BCUT2D eigenvalue weighted by molar-refractivity contribution is 5.94. The van der Waals surface area contributed by atoms with Gasteiger partial charge in [0.25, 0.3) is 5.91 Å². The molecule has 3 aromatic rings. The standard InChI is InChI=1S/C28H30FN5O3/c29-20-8-6-19(7-9-20)24-15-23(33-37-24)27(36)31-22-10-14-34(16-18-4-5-18)17-21(22)26(35)32-28(11-12-28)25-3-1-2-13-30-25/h1-3,6-9,13,15,18,21-22H,4-5,10-12,14,16-17H2,(H,31,36)(H,32,35)/t21-,22-/m1/s1. The lowest BCUT2D eigenvalue weighted by Gasteiger charge is -2.38. The Morgan fingerprint density at radius 2 is 1.92 bits per heavy atom. The molecule has 2 saturated carbocycles. The number of amides is 2. The highest BCUT2D eigenvalue weighted by Gasteiger charge is 2.49. The molecule has 3 heterocycles. The normalized spacial score (nSPS) is 22.8. The van der Waals surface area contributed by atoms with Crippen LogP contribution < -0.4 is 10.6 Å². The number of aromatic nitrogens is 2. The van der Waals surface area contributed by atoms with Gasteiger partial charge in [-0.25, -0.2) is 4.39 Å². The summed E-state index contributed by atoms with van der Waals surface area (Å²) in [6.07, 6.45) is 6.64. The fourth-order valence-corrected chi connectivity index (χ4v) is 5.21. The Morgan fingerprint density at radius 3 is 2.62 bits per heavy atom. The minimum Gasteiger partial charge on any atom is -0.355 e. The maximum atomic E-state index is 13.6. The largest absolute Gasteiger partial charge is 0.355 e. The molecule has 0 radical (unpaired) electrons. The summed E-state index contributed by atoms with van der Waals surface area (Å²) in [5, 5.41) is 10.2. The quantitative estimate of drug-likeness (QED) is 0.488. The number of halogens is 1. The van der Waals surface area contributed by atoms with Gasteiger partial charge in [0.15, 0.2) is 11.5 Å². The molecule has 2 amide bonds. The van der Waals surface area contributed by atoms with E-state index in [9.17, 15) is 14.0 Å². The summed E-state index contributed by atoms with van der Waals surface area (Å²) < 4.78 is 18.6. The zero-order valence-corrected chi connectivity index (χ0v) is 20.5. The van der Waals surface area contributed by atoms with Crippen LogP contribution in [0.3, 0.4) is 0 Å². The van der Waals surface area contributed by atoms with Crippen molar-refractivity contribution in [1.29, 1.82) is 0 Å². The summed E-state index contributed by atoms with van der Waals surface area (Å²) >= 11 is 0. The first-order valence-corrected chi connectivity index (χ1v) is 13.0. The van der Waals surface area contributed by atoms with Gasteiger partial charge in [-0.3, -0.25) is 14.6 Å². The molecule has 37 heavy (non-hydrogen) atoms. The molecule has 192 valence electrons. The first kappa shape index (κ1) is 23.8. The molecule has 1 aromatic carbocycles. The Kier molecular flexibility index (Phi) is 6.24. The fourth-order valence-electron chi connectivity index (χ4n) is 5.21. The van der Waals surface area contributed by atoms with Gasteiger partial charge >= 0.3 is 0 Å². The van der Waals surface area contributed by atoms with Crippen molar-refractivity contribution < 1.29 is 18.5 Å². The van der Waals surface area contributed by atoms with Crippen molar-refractivity contribution in [2.24, 2.45) is 11.8 Å². The van der Waals surface area contributed by atoms with E-state index in [-0.39, 0.29) is 35.3 Å². The van der Waals surface area contributed by atoms with Gasteiger partial charge in [0.1, 0.15) is 5.82 Å². The van der Waals surface area contributed by atoms with Crippen molar-refractivity contribution in [1.82, 2.24) is 25.7 Å². The molecule has 6 rings (SSSR count). The smallest absolute Gasteiger partial charge is 0.273 e. The van der Waals surface area contributed by atoms with E-state index in [4.69, 9.17) is 4.52 Å². The summed E-state index contributed by atoms with van der Waals surface area (Å²) in [6.45, 7) is 2.43. The lowest BCUT2D eigenvalue weighted by Crippen LogP contribution is -2.57. The van der Waals surface area contributed by atoms with Crippen LogP contribution in [0.5, 0.6) is 0 Å². The Labute approximate surface area is 214 Å². The molecule has 2 aliphatic carbocycles. The molecule has 1 saturated heterocycles. The minimum atomic E-state index is -0.415. The highest BCUT2D eigenvalue weighted by atomic mass is 19.1. The third-order valence-electron chi connectivity index (χ3n) is 7.70. The predicted molar refractivity (Wildman–Crippen MR) is 134 cm³/mol. The van der Waals surface area contributed by atoms with Crippen molar-refractivity contribution >= 4 is 11.8 Å². The zero-order valence-electron chi connectivity index (χ0n) is 20.5. The summed E-state index contributed by atoms with van der Waals surface area (Å²) in [5.41, 5.74) is 1.22. The van der Waals surface area contributed by atoms with Gasteiger partial charge in [0.2, 0.25) is 5.91 Å². The molecule has 2 N–H and O–H groups in total. The number of hydrogen-bond acceptors (Lipinski definition) is 6. The number of likely N-dealkylation sites (tertiary alicyclic amines) is 1. The van der Waals surface area contributed by atoms with Crippen LogP contribution in [0.4, 0.5) is 4.39 Å². The molecule has 1 aliphatic heterocycles. The Morgan fingerprint density at radius 1 is 1.11 bits per heavy atom. The molecule has 9 heteroatoms. The van der Waals surface area contributed by atoms with E-state index in [2.05, 4.69) is 25.7 Å². The van der Waals surface area contributed by atoms with Gasteiger partial charge < -0.3 is 20.1 Å². The van der Waals surface area contributed by atoms with E-state index in [0.717, 1.165) is 37.5 Å². The summed E-state index contributed by atoms with van der Waals surface area (Å²) in [7, 11) is 0. The average molecular weight is 504 g/mol. The Balaban J connectivity index is 1.16. The van der Waals surface area contributed by atoms with Crippen LogP contribution in [0.15, 0.2) is 59.3 Å². The fraction of sp³-hybridized carbons (Fsp3) is 0.429. The van der Waals surface area contributed by atoms with Gasteiger partial charge in [-0.2, -0.15) is 0 Å². The number of rotatable bonds is 8. The Hall–Kier alpha value is -3.59. The van der Waals surface area contributed by atoms with Crippen LogP contribution in [-0.2, 0) is 10.3 Å². The molecule has 0 bridgehead atoms. The van der Waals surface area contributed by atoms with E-state index in [1.165, 1.54) is 25.0 Å². The van der Waals surface area contributed by atoms with Crippen molar-refractivity contribution in [3.8, 4) is 11.3 Å². The first-order valence-electron chi connectivity index (χ1n) is 13.0. The van der Waals surface area contributed by atoms with Gasteiger partial charge in [-0.05, 0) is 74.4 Å². The maximum Gasteiger partial charge on any atom is 0.273 e. The Bertz CT molecular complexity index is 1270. The second kappa shape index (κ2) is 9.70. The maximum absolute atomic E-state index is 13.6. The molecule has 3 aliphatic rings. The number of piperidine rings is 1. The van der Waals surface area contributed by atoms with Crippen LogP contribution in [0.2, 0.25) is 0 Å². The van der Waals surface area contributed by atoms with E-state index in [1.807, 2.05) is 18.2 Å². The summed E-state index contributed by atoms with van der Waals surface area (Å²) in [5.74, 6) is -0.0823. The number of nitrogens with one attached hydrogen (secondary N) is 2. The molecule has 2 aromatic heterocycles. The highest BCUT2D eigenvalue weighted by Crippen LogP contribution is 2.45. The van der Waals surface area contributed by atoms with Gasteiger partial charge in [0, 0.05) is 43.5 Å². The van der Waals surface area contributed by atoms with E-state index < -0.39 is 5.54 Å². The van der Waals surface area contributed by atoms with E-state index >= 15 is 0 Å². The third kappa shape index (κ3) is 5.27.